The number of anilines is 1. The van der Waals surface area contributed by atoms with Crippen LogP contribution in [-0.2, 0) is 18.7 Å². The van der Waals surface area contributed by atoms with Crippen LogP contribution in [0, 0.1) is 19.8 Å². The van der Waals surface area contributed by atoms with Crippen molar-refractivity contribution in [2.45, 2.75) is 45.4 Å². The lowest BCUT2D eigenvalue weighted by molar-refractivity contribution is 0.349. The SMILES string of the molecule is Cc1ncn(CC2CCN(c3cc4c(nn3)CCSC4)CC2)c(=O)c1C. The number of aryl methyl sites for hydroxylation is 2. The Morgan fingerprint density at radius 2 is 2.04 bits per heavy atom. The second-order valence-corrected chi connectivity index (χ2v) is 8.43. The van der Waals surface area contributed by atoms with Gasteiger partial charge in [-0.1, -0.05) is 0 Å². The molecule has 0 atom stereocenters. The Bertz CT molecular complexity index is 857. The number of rotatable bonds is 3. The third kappa shape index (κ3) is 3.49. The normalized spacial score (nSPS) is 18.0. The van der Waals surface area contributed by atoms with Crippen molar-refractivity contribution in [3.05, 3.63) is 45.3 Å². The first-order valence-corrected chi connectivity index (χ1v) is 10.5. The van der Waals surface area contributed by atoms with Gasteiger partial charge < -0.3 is 4.90 Å². The van der Waals surface area contributed by atoms with Gasteiger partial charge >= 0.3 is 0 Å². The molecule has 4 heterocycles. The van der Waals surface area contributed by atoms with Crippen molar-refractivity contribution in [2.24, 2.45) is 5.92 Å². The Kier molecular flexibility index (Phi) is 4.98. The topological polar surface area (TPSA) is 63.9 Å². The molecule has 0 radical (unpaired) electrons. The third-order valence-electron chi connectivity index (χ3n) is 5.60. The molecule has 1 fully saturated rings. The molecule has 0 unspecified atom stereocenters. The molecule has 0 bridgehead atoms. The highest BCUT2D eigenvalue weighted by molar-refractivity contribution is 7.98. The van der Waals surface area contributed by atoms with Crippen molar-refractivity contribution < 1.29 is 0 Å². The van der Waals surface area contributed by atoms with Crippen LogP contribution in [0.2, 0.25) is 0 Å². The number of piperidine rings is 1. The van der Waals surface area contributed by atoms with Gasteiger partial charge in [0.05, 0.1) is 12.0 Å². The Morgan fingerprint density at radius 3 is 2.85 bits per heavy atom. The molecule has 2 aromatic rings. The maximum absolute atomic E-state index is 12.4. The number of thioether (sulfide) groups is 1. The molecule has 6 nitrogen and oxygen atoms in total. The van der Waals surface area contributed by atoms with E-state index < -0.39 is 0 Å². The number of aromatic nitrogens is 4. The standard InChI is InChI=1S/C19H25N5OS/c1-13-14(2)20-12-24(19(13)25)10-15-3-6-23(7-4-15)18-9-16-11-26-8-5-17(16)21-22-18/h9,12,15H,3-8,10-11H2,1-2H3. The zero-order chi connectivity index (χ0) is 18.1. The van der Waals surface area contributed by atoms with E-state index >= 15 is 0 Å². The van der Waals surface area contributed by atoms with Crippen LogP contribution >= 0.6 is 11.8 Å². The highest BCUT2D eigenvalue weighted by Crippen LogP contribution is 2.27. The smallest absolute Gasteiger partial charge is 0.256 e. The van der Waals surface area contributed by atoms with Gasteiger partial charge in [0, 0.05) is 43.1 Å². The quantitative estimate of drug-likeness (QED) is 0.825. The van der Waals surface area contributed by atoms with Crippen LogP contribution in [0.15, 0.2) is 17.2 Å². The molecule has 7 heteroatoms. The van der Waals surface area contributed by atoms with Gasteiger partial charge in [0.1, 0.15) is 0 Å². The number of nitrogens with zero attached hydrogens (tertiary/aromatic N) is 5. The van der Waals surface area contributed by atoms with E-state index in [1.807, 2.05) is 25.6 Å². The summed E-state index contributed by atoms with van der Waals surface area (Å²) in [4.78, 5) is 19.1. The van der Waals surface area contributed by atoms with E-state index in [2.05, 4.69) is 26.1 Å². The van der Waals surface area contributed by atoms with Gasteiger partial charge in [-0.05, 0) is 50.0 Å². The van der Waals surface area contributed by atoms with Crippen LogP contribution < -0.4 is 10.5 Å². The Balaban J connectivity index is 1.40. The molecule has 2 aromatic heterocycles. The highest BCUT2D eigenvalue weighted by atomic mass is 32.2. The summed E-state index contributed by atoms with van der Waals surface area (Å²) in [6.45, 7) is 6.44. The minimum Gasteiger partial charge on any atom is -0.355 e. The van der Waals surface area contributed by atoms with Crippen LogP contribution in [0.1, 0.15) is 35.4 Å². The van der Waals surface area contributed by atoms with Crippen molar-refractivity contribution >= 4 is 17.6 Å². The predicted octanol–water partition coefficient (Wildman–Crippen LogP) is 2.36. The molecule has 26 heavy (non-hydrogen) atoms. The molecule has 0 aliphatic carbocycles. The van der Waals surface area contributed by atoms with Crippen LogP contribution in [0.3, 0.4) is 0 Å². The fourth-order valence-electron chi connectivity index (χ4n) is 3.71. The zero-order valence-corrected chi connectivity index (χ0v) is 16.3. The molecule has 0 aromatic carbocycles. The summed E-state index contributed by atoms with van der Waals surface area (Å²) in [5.74, 6) is 3.72. The van der Waals surface area contributed by atoms with Crippen LogP contribution in [0.25, 0.3) is 0 Å². The molecule has 0 saturated carbocycles. The van der Waals surface area contributed by atoms with Gasteiger partial charge in [-0.25, -0.2) is 4.98 Å². The molecule has 138 valence electrons. The zero-order valence-electron chi connectivity index (χ0n) is 15.4. The number of fused-ring (bicyclic) bond motifs is 1. The lowest BCUT2D eigenvalue weighted by Crippen LogP contribution is -2.37. The van der Waals surface area contributed by atoms with E-state index in [4.69, 9.17) is 0 Å². The largest absolute Gasteiger partial charge is 0.355 e. The summed E-state index contributed by atoms with van der Waals surface area (Å²) in [5.41, 5.74) is 4.19. The Morgan fingerprint density at radius 1 is 1.23 bits per heavy atom. The summed E-state index contributed by atoms with van der Waals surface area (Å²) in [7, 11) is 0. The molecular weight excluding hydrogens is 346 g/mol. The van der Waals surface area contributed by atoms with Crippen molar-refractivity contribution in [2.75, 3.05) is 23.7 Å². The molecule has 1 saturated heterocycles. The first kappa shape index (κ1) is 17.5. The van der Waals surface area contributed by atoms with E-state index in [0.717, 1.165) is 67.5 Å². The van der Waals surface area contributed by atoms with Crippen molar-refractivity contribution in [1.82, 2.24) is 19.7 Å². The molecule has 2 aliphatic heterocycles. The van der Waals surface area contributed by atoms with E-state index in [9.17, 15) is 4.79 Å². The summed E-state index contributed by atoms with van der Waals surface area (Å²) in [6.07, 6.45) is 4.86. The van der Waals surface area contributed by atoms with Crippen molar-refractivity contribution in [3.8, 4) is 0 Å². The number of hydrogen-bond acceptors (Lipinski definition) is 6. The molecule has 0 amide bonds. The minimum atomic E-state index is 0.0954. The predicted molar refractivity (Wildman–Crippen MR) is 105 cm³/mol. The molecular formula is C19H25N5OS. The van der Waals surface area contributed by atoms with E-state index in [0.29, 0.717) is 5.92 Å². The average molecular weight is 372 g/mol. The summed E-state index contributed by atoms with van der Waals surface area (Å²) in [5, 5.41) is 8.91. The minimum absolute atomic E-state index is 0.0954. The van der Waals surface area contributed by atoms with E-state index in [1.165, 1.54) is 11.3 Å². The first-order chi connectivity index (χ1) is 12.6. The lowest BCUT2D eigenvalue weighted by Gasteiger charge is -2.33. The second kappa shape index (κ2) is 7.39. The van der Waals surface area contributed by atoms with Crippen LogP contribution in [0.5, 0.6) is 0 Å². The van der Waals surface area contributed by atoms with Crippen LogP contribution in [-0.4, -0.2) is 38.6 Å². The van der Waals surface area contributed by atoms with Crippen LogP contribution in [0.4, 0.5) is 5.82 Å². The van der Waals surface area contributed by atoms with E-state index in [1.54, 1.807) is 10.9 Å². The van der Waals surface area contributed by atoms with Crippen molar-refractivity contribution in [3.63, 3.8) is 0 Å². The maximum atomic E-state index is 12.4. The van der Waals surface area contributed by atoms with Gasteiger partial charge in [0.2, 0.25) is 0 Å². The summed E-state index contributed by atoms with van der Waals surface area (Å²) >= 11 is 1.97. The van der Waals surface area contributed by atoms with Gasteiger partial charge in [-0.15, -0.1) is 5.10 Å². The maximum Gasteiger partial charge on any atom is 0.256 e. The van der Waals surface area contributed by atoms with Gasteiger partial charge in [-0.2, -0.15) is 16.9 Å². The van der Waals surface area contributed by atoms with Gasteiger partial charge in [-0.3, -0.25) is 9.36 Å². The third-order valence-corrected chi connectivity index (χ3v) is 6.60. The first-order valence-electron chi connectivity index (χ1n) is 9.32. The second-order valence-electron chi connectivity index (χ2n) is 7.32. The summed E-state index contributed by atoms with van der Waals surface area (Å²) in [6, 6.07) is 2.23. The molecule has 0 N–H and O–H groups in total. The average Bonchev–Trinajstić information content (AvgIpc) is 2.68. The molecule has 0 spiro atoms. The summed E-state index contributed by atoms with van der Waals surface area (Å²) < 4.78 is 1.78. The van der Waals surface area contributed by atoms with Crippen molar-refractivity contribution in [1.29, 1.82) is 0 Å². The number of hydrogen-bond donors (Lipinski definition) is 0. The van der Waals surface area contributed by atoms with Gasteiger partial charge in [0.25, 0.3) is 5.56 Å². The molecule has 4 rings (SSSR count). The Hall–Kier alpha value is -1.89. The van der Waals surface area contributed by atoms with Gasteiger partial charge in [0.15, 0.2) is 5.82 Å². The Labute approximate surface area is 158 Å². The molecule has 2 aliphatic rings. The monoisotopic (exact) mass is 371 g/mol. The fourth-order valence-corrected chi connectivity index (χ4v) is 4.67. The highest BCUT2D eigenvalue weighted by Gasteiger charge is 2.23. The fraction of sp³-hybridized carbons (Fsp3) is 0.579. The van der Waals surface area contributed by atoms with E-state index in [-0.39, 0.29) is 5.56 Å². The lowest BCUT2D eigenvalue weighted by atomic mass is 9.96.